The fourth-order valence-electron chi connectivity index (χ4n) is 2.99. The number of hydrogen-bond acceptors (Lipinski definition) is 2. The second-order valence-corrected chi connectivity index (χ2v) is 5.60. The quantitative estimate of drug-likeness (QED) is 0.802. The Bertz CT molecular complexity index is 326. The third kappa shape index (κ3) is 2.94. The van der Waals surface area contributed by atoms with Crippen LogP contribution in [0.15, 0.2) is 0 Å². The van der Waals surface area contributed by atoms with E-state index in [1.807, 2.05) is 0 Å². The first kappa shape index (κ1) is 13.2. The van der Waals surface area contributed by atoms with Gasteiger partial charge in [-0.25, -0.2) is 4.79 Å². The Labute approximate surface area is 108 Å². The van der Waals surface area contributed by atoms with Gasteiger partial charge in [0, 0.05) is 13.1 Å². The SMILES string of the molecule is CC(CN1CC(C2CCCCC2)NC1=O)C(=O)O. The van der Waals surface area contributed by atoms with Crippen molar-refractivity contribution < 1.29 is 14.7 Å². The summed E-state index contributed by atoms with van der Waals surface area (Å²) >= 11 is 0. The molecular formula is C13H22N2O3. The number of urea groups is 1. The van der Waals surface area contributed by atoms with Crippen molar-refractivity contribution in [2.45, 2.75) is 45.1 Å². The van der Waals surface area contributed by atoms with Gasteiger partial charge in [0.25, 0.3) is 0 Å². The van der Waals surface area contributed by atoms with Crippen LogP contribution < -0.4 is 5.32 Å². The summed E-state index contributed by atoms with van der Waals surface area (Å²) in [6.07, 6.45) is 6.18. The van der Waals surface area contributed by atoms with Crippen LogP contribution in [0, 0.1) is 11.8 Å². The second-order valence-electron chi connectivity index (χ2n) is 5.60. The highest BCUT2D eigenvalue weighted by molar-refractivity contribution is 5.78. The Morgan fingerprint density at radius 2 is 2.11 bits per heavy atom. The predicted octanol–water partition coefficient (Wildman–Crippen LogP) is 1.68. The van der Waals surface area contributed by atoms with Crippen LogP contribution in [0.2, 0.25) is 0 Å². The van der Waals surface area contributed by atoms with Crippen LogP contribution in [-0.2, 0) is 4.79 Å². The molecule has 2 aliphatic rings. The van der Waals surface area contributed by atoms with Crippen LogP contribution in [-0.4, -0.2) is 41.1 Å². The van der Waals surface area contributed by atoms with Crippen LogP contribution in [0.4, 0.5) is 4.79 Å². The van der Waals surface area contributed by atoms with E-state index in [1.165, 1.54) is 32.1 Å². The van der Waals surface area contributed by atoms with Gasteiger partial charge in [-0.2, -0.15) is 0 Å². The van der Waals surface area contributed by atoms with E-state index in [0.29, 0.717) is 19.0 Å². The third-order valence-electron chi connectivity index (χ3n) is 4.15. The molecular weight excluding hydrogens is 232 g/mol. The summed E-state index contributed by atoms with van der Waals surface area (Å²) in [5, 5.41) is 11.9. The van der Waals surface area contributed by atoms with Gasteiger partial charge in [0.2, 0.25) is 0 Å². The van der Waals surface area contributed by atoms with Crippen molar-refractivity contribution >= 4 is 12.0 Å². The lowest BCUT2D eigenvalue weighted by Gasteiger charge is -2.26. The Hall–Kier alpha value is -1.26. The molecule has 2 N–H and O–H groups in total. The molecule has 2 rings (SSSR count). The summed E-state index contributed by atoms with van der Waals surface area (Å²) in [5.74, 6) is -0.766. The van der Waals surface area contributed by atoms with E-state index >= 15 is 0 Å². The van der Waals surface area contributed by atoms with Crippen molar-refractivity contribution in [2.75, 3.05) is 13.1 Å². The number of carboxylic acids is 1. The van der Waals surface area contributed by atoms with E-state index in [4.69, 9.17) is 5.11 Å². The molecule has 5 heteroatoms. The Balaban J connectivity index is 1.87. The lowest BCUT2D eigenvalue weighted by Crippen LogP contribution is -2.35. The molecule has 18 heavy (non-hydrogen) atoms. The average Bonchev–Trinajstić information content (AvgIpc) is 2.72. The molecule has 0 spiro atoms. The van der Waals surface area contributed by atoms with Crippen molar-refractivity contribution in [1.29, 1.82) is 0 Å². The van der Waals surface area contributed by atoms with E-state index in [2.05, 4.69) is 5.32 Å². The summed E-state index contributed by atoms with van der Waals surface area (Å²) in [4.78, 5) is 24.3. The molecule has 0 aromatic carbocycles. The van der Waals surface area contributed by atoms with Crippen LogP contribution >= 0.6 is 0 Å². The Morgan fingerprint density at radius 3 is 2.72 bits per heavy atom. The number of carbonyl (C=O) groups excluding carboxylic acids is 1. The van der Waals surface area contributed by atoms with Crippen LogP contribution in [0.1, 0.15) is 39.0 Å². The number of carbonyl (C=O) groups is 2. The molecule has 2 unspecified atom stereocenters. The van der Waals surface area contributed by atoms with E-state index in [0.717, 1.165) is 0 Å². The highest BCUT2D eigenvalue weighted by Crippen LogP contribution is 2.28. The summed E-state index contributed by atoms with van der Waals surface area (Å²) in [5.41, 5.74) is 0. The molecule has 1 aliphatic carbocycles. The van der Waals surface area contributed by atoms with Crippen molar-refractivity contribution in [1.82, 2.24) is 10.2 Å². The minimum atomic E-state index is -0.844. The number of nitrogens with one attached hydrogen (secondary N) is 1. The van der Waals surface area contributed by atoms with E-state index in [9.17, 15) is 9.59 Å². The van der Waals surface area contributed by atoms with Crippen LogP contribution in [0.25, 0.3) is 0 Å². The number of nitrogens with zero attached hydrogens (tertiary/aromatic N) is 1. The minimum Gasteiger partial charge on any atom is -0.481 e. The first-order valence-corrected chi connectivity index (χ1v) is 6.86. The zero-order chi connectivity index (χ0) is 13.1. The van der Waals surface area contributed by atoms with Crippen molar-refractivity contribution in [2.24, 2.45) is 11.8 Å². The molecule has 2 fully saturated rings. The molecule has 102 valence electrons. The second kappa shape index (κ2) is 5.59. The maximum Gasteiger partial charge on any atom is 0.317 e. The van der Waals surface area contributed by atoms with Crippen LogP contribution in [0.5, 0.6) is 0 Å². The van der Waals surface area contributed by atoms with Gasteiger partial charge in [-0.05, 0) is 18.8 Å². The molecule has 1 heterocycles. The van der Waals surface area contributed by atoms with Crippen molar-refractivity contribution in [3.05, 3.63) is 0 Å². The van der Waals surface area contributed by atoms with Gasteiger partial charge in [0.15, 0.2) is 0 Å². The highest BCUT2D eigenvalue weighted by atomic mass is 16.4. The summed E-state index contributed by atoms with van der Waals surface area (Å²) < 4.78 is 0. The lowest BCUT2D eigenvalue weighted by molar-refractivity contribution is -0.141. The first-order chi connectivity index (χ1) is 8.58. The summed E-state index contributed by atoms with van der Waals surface area (Å²) in [7, 11) is 0. The normalized spacial score (nSPS) is 27.1. The van der Waals surface area contributed by atoms with Gasteiger partial charge in [0.05, 0.1) is 12.0 Å². The van der Waals surface area contributed by atoms with Gasteiger partial charge in [-0.1, -0.05) is 26.2 Å². The fourth-order valence-corrected chi connectivity index (χ4v) is 2.99. The Morgan fingerprint density at radius 1 is 1.44 bits per heavy atom. The largest absolute Gasteiger partial charge is 0.481 e. The maximum absolute atomic E-state index is 11.8. The van der Waals surface area contributed by atoms with Gasteiger partial charge in [-0.3, -0.25) is 4.79 Å². The van der Waals surface area contributed by atoms with Crippen molar-refractivity contribution in [3.8, 4) is 0 Å². The predicted molar refractivity (Wildman–Crippen MR) is 67.3 cm³/mol. The molecule has 2 atom stereocenters. The van der Waals surface area contributed by atoms with E-state index in [-0.39, 0.29) is 12.1 Å². The topological polar surface area (TPSA) is 69.6 Å². The smallest absolute Gasteiger partial charge is 0.317 e. The van der Waals surface area contributed by atoms with Gasteiger partial charge in [-0.15, -0.1) is 0 Å². The molecule has 0 aromatic heterocycles. The molecule has 1 saturated carbocycles. The lowest BCUT2D eigenvalue weighted by atomic mass is 9.84. The van der Waals surface area contributed by atoms with Gasteiger partial charge < -0.3 is 15.3 Å². The molecule has 0 radical (unpaired) electrons. The average molecular weight is 254 g/mol. The number of carboxylic acid groups (broad SMARTS) is 1. The summed E-state index contributed by atoms with van der Waals surface area (Å²) in [6.45, 7) is 2.62. The standard InChI is InChI=1S/C13H22N2O3/c1-9(12(16)17)7-15-8-11(14-13(15)18)10-5-3-2-4-6-10/h9-11H,2-8H2,1H3,(H,14,18)(H,16,17). The minimum absolute atomic E-state index is 0.0985. The number of hydrogen-bond donors (Lipinski definition) is 2. The third-order valence-corrected chi connectivity index (χ3v) is 4.15. The highest BCUT2D eigenvalue weighted by Gasteiger charge is 2.35. The molecule has 5 nitrogen and oxygen atoms in total. The maximum atomic E-state index is 11.8. The van der Waals surface area contributed by atoms with E-state index in [1.54, 1.807) is 11.8 Å². The van der Waals surface area contributed by atoms with Gasteiger partial charge in [0.1, 0.15) is 0 Å². The monoisotopic (exact) mass is 254 g/mol. The van der Waals surface area contributed by atoms with Gasteiger partial charge >= 0.3 is 12.0 Å². The van der Waals surface area contributed by atoms with Crippen molar-refractivity contribution in [3.63, 3.8) is 0 Å². The fraction of sp³-hybridized carbons (Fsp3) is 0.846. The molecule has 1 aliphatic heterocycles. The zero-order valence-electron chi connectivity index (χ0n) is 10.9. The molecule has 0 aromatic rings. The summed E-state index contributed by atoms with van der Waals surface area (Å²) in [6, 6.07) is 0.123. The Kier molecular flexibility index (Phi) is 4.09. The number of aliphatic carboxylic acids is 1. The molecule has 1 saturated heterocycles. The van der Waals surface area contributed by atoms with E-state index < -0.39 is 11.9 Å². The number of rotatable bonds is 4. The zero-order valence-corrected chi connectivity index (χ0v) is 10.9. The molecule has 2 amide bonds. The van der Waals surface area contributed by atoms with Crippen LogP contribution in [0.3, 0.4) is 0 Å². The first-order valence-electron chi connectivity index (χ1n) is 6.86. The number of amides is 2. The molecule has 0 bridgehead atoms.